The van der Waals surface area contributed by atoms with Gasteiger partial charge < -0.3 is 16.0 Å². The Morgan fingerprint density at radius 1 is 1.04 bits per heavy atom. The predicted octanol–water partition coefficient (Wildman–Crippen LogP) is 2.84. The molecule has 5 nitrogen and oxygen atoms in total. The first kappa shape index (κ1) is 22.7. The minimum absolute atomic E-state index is 0. The van der Waals surface area contributed by atoms with E-state index in [2.05, 4.69) is 66.0 Å². The van der Waals surface area contributed by atoms with E-state index in [0.717, 1.165) is 31.8 Å². The van der Waals surface area contributed by atoms with Crippen molar-refractivity contribution in [3.63, 3.8) is 0 Å². The number of carbonyl (C=O) groups is 1. The standard InChI is InChI=1S/C20H32N4O.HI/c1-20(2,3)17-9-5-15(6-10-17)11-12-23-19(21-4)24-14-13-22-18(25)16-7-8-16;/h5-6,9-10,16H,7-8,11-14H2,1-4H3,(H,22,25)(H2,21,23,24);1H. The summed E-state index contributed by atoms with van der Waals surface area (Å²) in [6.07, 6.45) is 3.03. The number of amides is 1. The largest absolute Gasteiger partial charge is 0.356 e. The van der Waals surface area contributed by atoms with Crippen LogP contribution >= 0.6 is 24.0 Å². The highest BCUT2D eigenvalue weighted by molar-refractivity contribution is 14.0. The Morgan fingerprint density at radius 3 is 2.15 bits per heavy atom. The van der Waals surface area contributed by atoms with Gasteiger partial charge in [0.25, 0.3) is 0 Å². The van der Waals surface area contributed by atoms with E-state index in [1.54, 1.807) is 7.05 Å². The molecule has 146 valence electrons. The number of halogens is 1. The van der Waals surface area contributed by atoms with Gasteiger partial charge in [0.05, 0.1) is 0 Å². The summed E-state index contributed by atoms with van der Waals surface area (Å²) in [5, 5.41) is 9.47. The van der Waals surface area contributed by atoms with Crippen molar-refractivity contribution in [1.82, 2.24) is 16.0 Å². The predicted molar refractivity (Wildman–Crippen MR) is 119 cm³/mol. The summed E-state index contributed by atoms with van der Waals surface area (Å²) in [7, 11) is 1.76. The molecule has 0 heterocycles. The lowest BCUT2D eigenvalue weighted by Gasteiger charge is -2.19. The van der Waals surface area contributed by atoms with E-state index in [1.807, 2.05) is 0 Å². The first-order valence-corrected chi connectivity index (χ1v) is 9.22. The molecule has 1 saturated carbocycles. The fourth-order valence-corrected chi connectivity index (χ4v) is 2.57. The Morgan fingerprint density at radius 2 is 1.62 bits per heavy atom. The van der Waals surface area contributed by atoms with Crippen LogP contribution in [0.25, 0.3) is 0 Å². The van der Waals surface area contributed by atoms with Gasteiger partial charge in [0.15, 0.2) is 5.96 Å². The number of aliphatic imine (C=N–C) groups is 1. The molecule has 0 radical (unpaired) electrons. The van der Waals surface area contributed by atoms with Crippen molar-refractivity contribution in [3.8, 4) is 0 Å². The van der Waals surface area contributed by atoms with E-state index in [9.17, 15) is 4.79 Å². The number of carbonyl (C=O) groups excluding carboxylic acids is 1. The normalized spacial score (nSPS) is 14.4. The molecule has 1 fully saturated rings. The molecule has 1 aromatic rings. The molecule has 0 unspecified atom stereocenters. The Bertz CT molecular complexity index is 589. The van der Waals surface area contributed by atoms with E-state index < -0.39 is 0 Å². The maximum atomic E-state index is 11.5. The zero-order valence-corrected chi connectivity index (χ0v) is 18.7. The van der Waals surface area contributed by atoms with Crippen LogP contribution < -0.4 is 16.0 Å². The average Bonchev–Trinajstić information content (AvgIpc) is 3.41. The van der Waals surface area contributed by atoms with Crippen molar-refractivity contribution in [2.75, 3.05) is 26.7 Å². The van der Waals surface area contributed by atoms with Crippen molar-refractivity contribution < 1.29 is 4.79 Å². The van der Waals surface area contributed by atoms with Gasteiger partial charge >= 0.3 is 0 Å². The van der Waals surface area contributed by atoms with E-state index in [4.69, 9.17) is 0 Å². The van der Waals surface area contributed by atoms with Gasteiger partial charge in [-0.1, -0.05) is 45.0 Å². The van der Waals surface area contributed by atoms with Crippen LogP contribution in [-0.4, -0.2) is 38.5 Å². The fourth-order valence-electron chi connectivity index (χ4n) is 2.57. The van der Waals surface area contributed by atoms with E-state index in [-0.39, 0.29) is 41.2 Å². The highest BCUT2D eigenvalue weighted by Gasteiger charge is 2.28. The third kappa shape index (κ3) is 7.93. The number of nitrogens with one attached hydrogen (secondary N) is 3. The van der Waals surface area contributed by atoms with Crippen LogP contribution in [0.5, 0.6) is 0 Å². The summed E-state index contributed by atoms with van der Waals surface area (Å²) < 4.78 is 0. The Hall–Kier alpha value is -1.31. The lowest BCUT2D eigenvalue weighted by Crippen LogP contribution is -2.42. The van der Waals surface area contributed by atoms with Crippen molar-refractivity contribution in [1.29, 1.82) is 0 Å². The molecule has 0 atom stereocenters. The highest BCUT2D eigenvalue weighted by Crippen LogP contribution is 2.28. The van der Waals surface area contributed by atoms with Crippen molar-refractivity contribution in [2.24, 2.45) is 10.9 Å². The summed E-state index contributed by atoms with van der Waals surface area (Å²) in [4.78, 5) is 15.8. The van der Waals surface area contributed by atoms with Crippen LogP contribution in [0.1, 0.15) is 44.7 Å². The third-order valence-corrected chi connectivity index (χ3v) is 4.41. The Kier molecular flexibility index (Phi) is 9.39. The van der Waals surface area contributed by atoms with Gasteiger partial charge in [0.2, 0.25) is 5.91 Å². The summed E-state index contributed by atoms with van der Waals surface area (Å²) in [5.41, 5.74) is 2.86. The molecule has 1 aliphatic carbocycles. The first-order valence-electron chi connectivity index (χ1n) is 9.22. The number of hydrogen-bond donors (Lipinski definition) is 3. The molecule has 0 aliphatic heterocycles. The minimum Gasteiger partial charge on any atom is -0.356 e. The fraction of sp³-hybridized carbons (Fsp3) is 0.600. The second-order valence-electron chi connectivity index (χ2n) is 7.69. The number of guanidine groups is 1. The quantitative estimate of drug-likeness (QED) is 0.248. The monoisotopic (exact) mass is 472 g/mol. The minimum atomic E-state index is 0. The maximum Gasteiger partial charge on any atom is 0.223 e. The van der Waals surface area contributed by atoms with Gasteiger partial charge in [-0.15, -0.1) is 24.0 Å². The van der Waals surface area contributed by atoms with Gasteiger partial charge in [-0.2, -0.15) is 0 Å². The molecule has 0 spiro atoms. The SMILES string of the molecule is CN=C(NCCNC(=O)C1CC1)NCCc1ccc(C(C)(C)C)cc1.I. The van der Waals surface area contributed by atoms with Crippen molar-refractivity contribution in [2.45, 2.75) is 45.4 Å². The van der Waals surface area contributed by atoms with Crippen molar-refractivity contribution in [3.05, 3.63) is 35.4 Å². The second-order valence-corrected chi connectivity index (χ2v) is 7.69. The molecule has 0 bridgehead atoms. The van der Waals surface area contributed by atoms with Crippen molar-refractivity contribution >= 4 is 35.8 Å². The van der Waals surface area contributed by atoms with Gasteiger partial charge in [-0.25, -0.2) is 0 Å². The molecule has 0 saturated heterocycles. The molecular weight excluding hydrogens is 439 g/mol. The first-order chi connectivity index (χ1) is 11.9. The Balaban J connectivity index is 0.00000338. The molecule has 0 aromatic heterocycles. The second kappa shape index (κ2) is 10.7. The molecule has 2 rings (SSSR count). The number of rotatable bonds is 7. The average molecular weight is 472 g/mol. The Labute approximate surface area is 174 Å². The van der Waals surface area contributed by atoms with E-state index >= 15 is 0 Å². The van der Waals surface area contributed by atoms with Gasteiger partial charge in [-0.3, -0.25) is 9.79 Å². The lowest BCUT2D eigenvalue weighted by molar-refractivity contribution is -0.122. The maximum absolute atomic E-state index is 11.5. The molecule has 3 N–H and O–H groups in total. The molecule has 6 heteroatoms. The molecule has 1 amide bonds. The summed E-state index contributed by atoms with van der Waals surface area (Å²) in [5.74, 6) is 1.22. The smallest absolute Gasteiger partial charge is 0.223 e. The zero-order valence-electron chi connectivity index (χ0n) is 16.4. The lowest BCUT2D eigenvalue weighted by atomic mass is 9.86. The van der Waals surface area contributed by atoms with Crippen LogP contribution in [0.4, 0.5) is 0 Å². The van der Waals surface area contributed by atoms with Crippen LogP contribution in [0.3, 0.4) is 0 Å². The molecule has 26 heavy (non-hydrogen) atoms. The summed E-state index contributed by atoms with van der Waals surface area (Å²) in [6.45, 7) is 8.82. The number of hydrogen-bond acceptors (Lipinski definition) is 2. The molecule has 1 aromatic carbocycles. The summed E-state index contributed by atoms with van der Waals surface area (Å²) in [6, 6.07) is 8.83. The highest BCUT2D eigenvalue weighted by atomic mass is 127. The van der Waals surface area contributed by atoms with Crippen LogP contribution in [0.2, 0.25) is 0 Å². The van der Waals surface area contributed by atoms with Gasteiger partial charge in [0, 0.05) is 32.6 Å². The van der Waals surface area contributed by atoms with Crippen LogP contribution in [0.15, 0.2) is 29.3 Å². The zero-order chi connectivity index (χ0) is 18.3. The third-order valence-electron chi connectivity index (χ3n) is 4.41. The topological polar surface area (TPSA) is 65.5 Å². The molecular formula is C20H33IN4O. The van der Waals surface area contributed by atoms with E-state index in [0.29, 0.717) is 13.1 Å². The number of benzene rings is 1. The van der Waals surface area contributed by atoms with Crippen LogP contribution in [-0.2, 0) is 16.6 Å². The molecule has 1 aliphatic rings. The van der Waals surface area contributed by atoms with Gasteiger partial charge in [-0.05, 0) is 35.8 Å². The number of nitrogens with zero attached hydrogens (tertiary/aromatic N) is 1. The van der Waals surface area contributed by atoms with Gasteiger partial charge in [0.1, 0.15) is 0 Å². The summed E-state index contributed by atoms with van der Waals surface area (Å²) >= 11 is 0. The van der Waals surface area contributed by atoms with Crippen LogP contribution in [0, 0.1) is 5.92 Å². The van der Waals surface area contributed by atoms with E-state index in [1.165, 1.54) is 11.1 Å².